The Morgan fingerprint density at radius 3 is 2.41 bits per heavy atom. The highest BCUT2D eigenvalue weighted by molar-refractivity contribution is 5.85. The van der Waals surface area contributed by atoms with Crippen molar-refractivity contribution >= 4 is 18.3 Å². The molecule has 1 aliphatic heterocycles. The van der Waals surface area contributed by atoms with Crippen LogP contribution < -0.4 is 5.73 Å². The molecular formula is C11H23ClN2O3. The van der Waals surface area contributed by atoms with Crippen molar-refractivity contribution in [1.82, 2.24) is 4.90 Å². The molecule has 1 saturated heterocycles. The third kappa shape index (κ3) is 4.79. The molecule has 2 N–H and O–H groups in total. The summed E-state index contributed by atoms with van der Waals surface area (Å²) in [7, 11) is 3.24. The summed E-state index contributed by atoms with van der Waals surface area (Å²) in [4.78, 5) is 13.8. The zero-order chi connectivity index (χ0) is 12.0. The molecule has 0 bridgehead atoms. The van der Waals surface area contributed by atoms with E-state index in [4.69, 9.17) is 15.2 Å². The minimum absolute atomic E-state index is 0. The largest absolute Gasteiger partial charge is 0.384 e. The van der Waals surface area contributed by atoms with Crippen LogP contribution in [0.3, 0.4) is 0 Å². The summed E-state index contributed by atoms with van der Waals surface area (Å²) in [5.41, 5.74) is 5.47. The van der Waals surface area contributed by atoms with Crippen molar-refractivity contribution < 1.29 is 14.3 Å². The molecule has 0 aliphatic carbocycles. The predicted molar refractivity (Wildman–Crippen MR) is 68.3 cm³/mol. The second kappa shape index (κ2) is 8.69. The predicted octanol–water partition coefficient (Wildman–Crippen LogP) is 0.267. The van der Waals surface area contributed by atoms with Gasteiger partial charge in [0.05, 0.1) is 0 Å². The topological polar surface area (TPSA) is 64.8 Å². The standard InChI is InChI=1S/C11H22N2O3.ClH/c1-15-8-9-3-5-13(6-4-9)11(14)10(7-12)16-2;/h9-10H,3-8,12H2,1-2H3;1H. The molecule has 1 heterocycles. The molecule has 0 aromatic rings. The van der Waals surface area contributed by atoms with E-state index in [-0.39, 0.29) is 24.9 Å². The number of rotatable bonds is 5. The maximum Gasteiger partial charge on any atom is 0.253 e. The minimum Gasteiger partial charge on any atom is -0.384 e. The van der Waals surface area contributed by atoms with Crippen LogP contribution in [0.4, 0.5) is 0 Å². The SMILES string of the molecule is COCC1CCN(C(=O)C(CN)OC)CC1.Cl. The van der Waals surface area contributed by atoms with E-state index in [1.54, 1.807) is 7.11 Å². The number of methoxy groups -OCH3 is 2. The number of carbonyl (C=O) groups excluding carboxylic acids is 1. The van der Waals surface area contributed by atoms with E-state index in [1.807, 2.05) is 4.90 Å². The molecule has 0 saturated carbocycles. The summed E-state index contributed by atoms with van der Waals surface area (Å²) in [6.07, 6.45) is 1.51. The van der Waals surface area contributed by atoms with E-state index in [2.05, 4.69) is 0 Å². The lowest BCUT2D eigenvalue weighted by Crippen LogP contribution is -2.47. The average Bonchev–Trinajstić information content (AvgIpc) is 2.32. The number of nitrogens with two attached hydrogens (primary N) is 1. The first kappa shape index (κ1) is 16.6. The molecule has 1 amide bonds. The lowest BCUT2D eigenvalue weighted by molar-refractivity contribution is -0.143. The van der Waals surface area contributed by atoms with E-state index in [0.717, 1.165) is 32.5 Å². The number of hydrogen-bond donors (Lipinski definition) is 1. The third-order valence-corrected chi connectivity index (χ3v) is 3.10. The summed E-state index contributed by atoms with van der Waals surface area (Å²) >= 11 is 0. The molecule has 0 aromatic heterocycles. The van der Waals surface area contributed by atoms with Gasteiger partial charge in [-0.25, -0.2) is 0 Å². The molecule has 6 heteroatoms. The van der Waals surface area contributed by atoms with Crippen molar-refractivity contribution in [3.05, 3.63) is 0 Å². The van der Waals surface area contributed by atoms with Crippen molar-refractivity contribution in [1.29, 1.82) is 0 Å². The summed E-state index contributed by atoms with van der Waals surface area (Å²) in [5, 5.41) is 0. The Morgan fingerprint density at radius 1 is 1.41 bits per heavy atom. The minimum atomic E-state index is -0.487. The van der Waals surface area contributed by atoms with E-state index in [9.17, 15) is 4.79 Å². The zero-order valence-corrected chi connectivity index (χ0v) is 11.4. The molecule has 1 atom stereocenters. The zero-order valence-electron chi connectivity index (χ0n) is 10.6. The smallest absolute Gasteiger partial charge is 0.253 e. The lowest BCUT2D eigenvalue weighted by Gasteiger charge is -2.33. The first-order chi connectivity index (χ1) is 7.72. The maximum atomic E-state index is 11.9. The molecule has 0 radical (unpaired) electrons. The van der Waals surface area contributed by atoms with Gasteiger partial charge in [0, 0.05) is 40.5 Å². The van der Waals surface area contributed by atoms with Gasteiger partial charge in [-0.15, -0.1) is 12.4 Å². The molecule has 1 aliphatic rings. The Hall–Kier alpha value is -0.360. The number of halogens is 1. The van der Waals surface area contributed by atoms with Gasteiger partial charge in [0.25, 0.3) is 5.91 Å². The van der Waals surface area contributed by atoms with Gasteiger partial charge in [-0.3, -0.25) is 4.79 Å². The fourth-order valence-corrected chi connectivity index (χ4v) is 2.06. The van der Waals surface area contributed by atoms with Crippen LogP contribution in [0.5, 0.6) is 0 Å². The first-order valence-electron chi connectivity index (χ1n) is 5.73. The summed E-state index contributed by atoms with van der Waals surface area (Å²) in [6.45, 7) is 2.60. The van der Waals surface area contributed by atoms with Crippen LogP contribution in [0.25, 0.3) is 0 Å². The van der Waals surface area contributed by atoms with Crippen LogP contribution >= 0.6 is 12.4 Å². The van der Waals surface area contributed by atoms with Crippen LogP contribution in [0, 0.1) is 5.92 Å². The Bertz CT molecular complexity index is 217. The second-order valence-corrected chi connectivity index (χ2v) is 4.18. The summed E-state index contributed by atoms with van der Waals surface area (Å²) in [6, 6.07) is 0. The van der Waals surface area contributed by atoms with Crippen molar-refractivity contribution in [3.63, 3.8) is 0 Å². The monoisotopic (exact) mass is 266 g/mol. The van der Waals surface area contributed by atoms with Gasteiger partial charge >= 0.3 is 0 Å². The van der Waals surface area contributed by atoms with Crippen LogP contribution in [0.1, 0.15) is 12.8 Å². The summed E-state index contributed by atoms with van der Waals surface area (Å²) in [5.74, 6) is 0.591. The lowest BCUT2D eigenvalue weighted by atomic mass is 9.97. The molecule has 17 heavy (non-hydrogen) atoms. The number of likely N-dealkylation sites (tertiary alicyclic amines) is 1. The van der Waals surface area contributed by atoms with Gasteiger partial charge in [0.2, 0.25) is 0 Å². The molecule has 1 rings (SSSR count). The van der Waals surface area contributed by atoms with Crippen molar-refractivity contribution in [2.24, 2.45) is 11.7 Å². The summed E-state index contributed by atoms with van der Waals surface area (Å²) < 4.78 is 10.2. The average molecular weight is 267 g/mol. The van der Waals surface area contributed by atoms with Gasteiger partial charge < -0.3 is 20.1 Å². The number of ether oxygens (including phenoxy) is 2. The van der Waals surface area contributed by atoms with Gasteiger partial charge in [0.1, 0.15) is 6.10 Å². The quantitative estimate of drug-likeness (QED) is 0.776. The maximum absolute atomic E-state index is 11.9. The Kier molecular flexibility index (Phi) is 8.51. The van der Waals surface area contributed by atoms with Crippen LogP contribution in [-0.4, -0.2) is 57.4 Å². The highest BCUT2D eigenvalue weighted by atomic mass is 35.5. The van der Waals surface area contributed by atoms with Gasteiger partial charge in [0.15, 0.2) is 0 Å². The van der Waals surface area contributed by atoms with E-state index < -0.39 is 6.10 Å². The van der Waals surface area contributed by atoms with Gasteiger partial charge in [-0.1, -0.05) is 0 Å². The van der Waals surface area contributed by atoms with Crippen molar-refractivity contribution in [2.75, 3.05) is 40.5 Å². The molecule has 0 spiro atoms. The molecule has 0 aromatic carbocycles. The molecule has 5 nitrogen and oxygen atoms in total. The van der Waals surface area contributed by atoms with Crippen LogP contribution in [0.2, 0.25) is 0 Å². The van der Waals surface area contributed by atoms with Gasteiger partial charge in [-0.05, 0) is 18.8 Å². The van der Waals surface area contributed by atoms with E-state index in [1.165, 1.54) is 7.11 Å². The molecule has 1 fully saturated rings. The molecule has 1 unspecified atom stereocenters. The van der Waals surface area contributed by atoms with Crippen molar-refractivity contribution in [3.8, 4) is 0 Å². The second-order valence-electron chi connectivity index (χ2n) is 4.18. The van der Waals surface area contributed by atoms with Crippen LogP contribution in [-0.2, 0) is 14.3 Å². The Labute approximate surface area is 109 Å². The highest BCUT2D eigenvalue weighted by Crippen LogP contribution is 2.18. The number of piperidine rings is 1. The normalized spacial score (nSPS) is 18.6. The number of nitrogens with zero attached hydrogens (tertiary/aromatic N) is 1. The fraction of sp³-hybridized carbons (Fsp3) is 0.909. The van der Waals surface area contributed by atoms with Gasteiger partial charge in [-0.2, -0.15) is 0 Å². The Morgan fingerprint density at radius 2 is 2.00 bits per heavy atom. The third-order valence-electron chi connectivity index (χ3n) is 3.10. The molecular weight excluding hydrogens is 244 g/mol. The first-order valence-corrected chi connectivity index (χ1v) is 5.73. The number of carbonyl (C=O) groups is 1. The van der Waals surface area contributed by atoms with E-state index >= 15 is 0 Å². The van der Waals surface area contributed by atoms with E-state index in [0.29, 0.717) is 5.92 Å². The van der Waals surface area contributed by atoms with Crippen LogP contribution in [0.15, 0.2) is 0 Å². The Balaban J connectivity index is 0.00000256. The number of hydrogen-bond acceptors (Lipinski definition) is 4. The molecule has 102 valence electrons. The highest BCUT2D eigenvalue weighted by Gasteiger charge is 2.27. The fourth-order valence-electron chi connectivity index (χ4n) is 2.06. The van der Waals surface area contributed by atoms with Crippen molar-refractivity contribution in [2.45, 2.75) is 18.9 Å². The number of amides is 1.